The van der Waals surface area contributed by atoms with Gasteiger partial charge in [-0.15, -0.1) is 0 Å². The van der Waals surface area contributed by atoms with Gasteiger partial charge < -0.3 is 9.84 Å². The molecular weight excluding hydrogens is 278 g/mol. The second-order valence-corrected chi connectivity index (χ2v) is 7.37. The van der Waals surface area contributed by atoms with E-state index in [9.17, 15) is 13.5 Å². The average Bonchev–Trinajstić information content (AvgIpc) is 2.35. The summed E-state index contributed by atoms with van der Waals surface area (Å²) < 4.78 is 31.3. The summed E-state index contributed by atoms with van der Waals surface area (Å²) in [5.41, 5.74) is -0.904. The van der Waals surface area contributed by atoms with Crippen LogP contribution in [-0.4, -0.2) is 43.1 Å². The number of hydrogen-bond acceptors (Lipinski definition) is 4. The van der Waals surface area contributed by atoms with Crippen molar-refractivity contribution < 1.29 is 18.3 Å². The first-order valence-corrected chi connectivity index (χ1v) is 8.19. The highest BCUT2D eigenvalue weighted by atomic mass is 32.2. The molecule has 1 N–H and O–H groups in total. The molecule has 20 heavy (non-hydrogen) atoms. The Bertz CT molecular complexity index is 559. The highest BCUT2D eigenvalue weighted by Gasteiger charge is 2.49. The SMILES string of the molecule is CCOc1ccc(S(=O)(=O)N2CC(O)(C(C)C)C2)cc1. The lowest BCUT2D eigenvalue weighted by atomic mass is 9.85. The van der Waals surface area contributed by atoms with Crippen LogP contribution in [0.4, 0.5) is 0 Å². The van der Waals surface area contributed by atoms with Crippen LogP contribution in [0.1, 0.15) is 20.8 Å². The maximum atomic E-state index is 12.4. The van der Waals surface area contributed by atoms with Crippen molar-refractivity contribution in [1.82, 2.24) is 4.31 Å². The molecule has 1 fully saturated rings. The quantitative estimate of drug-likeness (QED) is 0.894. The Morgan fingerprint density at radius 2 is 1.85 bits per heavy atom. The van der Waals surface area contributed by atoms with Crippen molar-refractivity contribution in [3.8, 4) is 5.75 Å². The highest BCUT2D eigenvalue weighted by Crippen LogP contribution is 2.33. The summed E-state index contributed by atoms with van der Waals surface area (Å²) in [4.78, 5) is 0.228. The Balaban J connectivity index is 2.12. The number of hydrogen-bond donors (Lipinski definition) is 1. The van der Waals surface area contributed by atoms with Gasteiger partial charge in [0.15, 0.2) is 0 Å². The Hall–Kier alpha value is -1.11. The Morgan fingerprint density at radius 1 is 1.30 bits per heavy atom. The molecule has 112 valence electrons. The third kappa shape index (κ3) is 2.68. The Morgan fingerprint density at radius 3 is 2.30 bits per heavy atom. The van der Waals surface area contributed by atoms with Crippen molar-refractivity contribution in [1.29, 1.82) is 0 Å². The first kappa shape index (κ1) is 15.3. The number of β-amino-alcohol motifs (C(OH)–C–C–N with tert-alkyl or cyclic N) is 1. The maximum absolute atomic E-state index is 12.4. The summed E-state index contributed by atoms with van der Waals surface area (Å²) in [5, 5.41) is 10.2. The fraction of sp³-hybridized carbons (Fsp3) is 0.571. The molecule has 0 aromatic heterocycles. The molecule has 1 saturated heterocycles. The Labute approximate surface area is 120 Å². The topological polar surface area (TPSA) is 66.8 Å². The number of ether oxygens (including phenoxy) is 1. The number of rotatable bonds is 5. The minimum absolute atomic E-state index is 0.0364. The van der Waals surface area contributed by atoms with Crippen LogP contribution in [0.25, 0.3) is 0 Å². The molecule has 0 amide bonds. The standard InChI is InChI=1S/C14H21NO4S/c1-4-19-12-5-7-13(8-6-12)20(17,18)15-9-14(16,10-15)11(2)3/h5-8,11,16H,4,9-10H2,1-3H3. The van der Waals surface area contributed by atoms with E-state index in [4.69, 9.17) is 4.74 Å². The van der Waals surface area contributed by atoms with E-state index in [0.717, 1.165) is 0 Å². The van der Waals surface area contributed by atoms with E-state index in [0.29, 0.717) is 12.4 Å². The van der Waals surface area contributed by atoms with Crippen LogP contribution in [-0.2, 0) is 10.0 Å². The molecular formula is C14H21NO4S. The molecule has 1 aromatic carbocycles. The molecule has 0 saturated carbocycles. The molecule has 0 radical (unpaired) electrons. The van der Waals surface area contributed by atoms with Crippen molar-refractivity contribution in [3.05, 3.63) is 24.3 Å². The molecule has 1 heterocycles. The predicted molar refractivity (Wildman–Crippen MR) is 76.2 cm³/mol. The van der Waals surface area contributed by atoms with Gasteiger partial charge in [0.1, 0.15) is 5.75 Å². The lowest BCUT2D eigenvalue weighted by Crippen LogP contribution is -2.65. The van der Waals surface area contributed by atoms with Gasteiger partial charge in [0.05, 0.1) is 17.1 Å². The Kier molecular flexibility index (Phi) is 4.09. The van der Waals surface area contributed by atoms with Gasteiger partial charge in [-0.3, -0.25) is 0 Å². The van der Waals surface area contributed by atoms with E-state index in [1.54, 1.807) is 12.1 Å². The zero-order valence-corrected chi connectivity index (χ0v) is 12.9. The zero-order chi connectivity index (χ0) is 15.0. The van der Waals surface area contributed by atoms with E-state index in [1.807, 2.05) is 20.8 Å². The molecule has 6 heteroatoms. The predicted octanol–water partition coefficient (Wildman–Crippen LogP) is 1.48. The maximum Gasteiger partial charge on any atom is 0.243 e. The summed E-state index contributed by atoms with van der Waals surface area (Å²) in [6, 6.07) is 6.36. The summed E-state index contributed by atoms with van der Waals surface area (Å²) in [6.45, 7) is 6.50. The molecule has 1 aliphatic rings. The molecule has 1 aromatic rings. The first-order chi connectivity index (χ1) is 9.29. The van der Waals surface area contributed by atoms with E-state index in [1.165, 1.54) is 16.4 Å². The first-order valence-electron chi connectivity index (χ1n) is 6.75. The van der Waals surface area contributed by atoms with Crippen molar-refractivity contribution in [2.45, 2.75) is 31.3 Å². The smallest absolute Gasteiger partial charge is 0.243 e. The van der Waals surface area contributed by atoms with E-state index in [2.05, 4.69) is 0 Å². The van der Waals surface area contributed by atoms with Gasteiger partial charge in [-0.25, -0.2) is 8.42 Å². The molecule has 0 aliphatic carbocycles. The van der Waals surface area contributed by atoms with Gasteiger partial charge in [-0.2, -0.15) is 4.31 Å². The van der Waals surface area contributed by atoms with Gasteiger partial charge in [-0.05, 0) is 37.1 Å². The number of nitrogens with zero attached hydrogens (tertiary/aromatic N) is 1. The fourth-order valence-electron chi connectivity index (χ4n) is 2.12. The molecule has 0 spiro atoms. The van der Waals surface area contributed by atoms with Gasteiger partial charge in [0, 0.05) is 13.1 Å². The summed E-state index contributed by atoms with van der Waals surface area (Å²) in [7, 11) is -3.52. The summed E-state index contributed by atoms with van der Waals surface area (Å²) in [5.74, 6) is 0.683. The monoisotopic (exact) mass is 299 g/mol. The van der Waals surface area contributed by atoms with Crippen LogP contribution in [0, 0.1) is 5.92 Å². The van der Waals surface area contributed by atoms with Crippen LogP contribution >= 0.6 is 0 Å². The van der Waals surface area contributed by atoms with Crippen LogP contribution in [0.2, 0.25) is 0 Å². The second kappa shape index (κ2) is 5.35. The van der Waals surface area contributed by atoms with Gasteiger partial charge in [0.25, 0.3) is 0 Å². The van der Waals surface area contributed by atoms with E-state index >= 15 is 0 Å². The second-order valence-electron chi connectivity index (χ2n) is 5.44. The third-order valence-electron chi connectivity index (χ3n) is 3.75. The molecule has 5 nitrogen and oxygen atoms in total. The van der Waals surface area contributed by atoms with Crippen molar-refractivity contribution in [2.75, 3.05) is 19.7 Å². The number of benzene rings is 1. The highest BCUT2D eigenvalue weighted by molar-refractivity contribution is 7.89. The summed E-state index contributed by atoms with van der Waals surface area (Å²) >= 11 is 0. The van der Waals surface area contributed by atoms with E-state index < -0.39 is 15.6 Å². The van der Waals surface area contributed by atoms with Gasteiger partial charge >= 0.3 is 0 Å². The van der Waals surface area contributed by atoms with Crippen LogP contribution < -0.4 is 4.74 Å². The minimum atomic E-state index is -3.52. The van der Waals surface area contributed by atoms with Crippen LogP contribution in [0.5, 0.6) is 5.75 Å². The lowest BCUT2D eigenvalue weighted by Gasteiger charge is -2.47. The lowest BCUT2D eigenvalue weighted by molar-refractivity contribution is -0.0932. The van der Waals surface area contributed by atoms with E-state index in [-0.39, 0.29) is 23.9 Å². The van der Waals surface area contributed by atoms with Crippen LogP contribution in [0.3, 0.4) is 0 Å². The number of sulfonamides is 1. The minimum Gasteiger partial charge on any atom is -0.494 e. The largest absolute Gasteiger partial charge is 0.494 e. The van der Waals surface area contributed by atoms with Gasteiger partial charge in [0.2, 0.25) is 10.0 Å². The van der Waals surface area contributed by atoms with Gasteiger partial charge in [-0.1, -0.05) is 13.8 Å². The molecule has 0 atom stereocenters. The number of aliphatic hydroxyl groups is 1. The van der Waals surface area contributed by atoms with Crippen LogP contribution in [0.15, 0.2) is 29.2 Å². The fourth-order valence-corrected chi connectivity index (χ4v) is 3.69. The molecule has 0 unspecified atom stereocenters. The van der Waals surface area contributed by atoms with Crippen molar-refractivity contribution >= 4 is 10.0 Å². The normalized spacial score (nSPS) is 18.9. The van der Waals surface area contributed by atoms with Crippen molar-refractivity contribution in [3.63, 3.8) is 0 Å². The molecule has 1 aliphatic heterocycles. The third-order valence-corrected chi connectivity index (χ3v) is 5.55. The average molecular weight is 299 g/mol. The summed E-state index contributed by atoms with van der Waals surface area (Å²) in [6.07, 6.45) is 0. The van der Waals surface area contributed by atoms with Crippen molar-refractivity contribution in [2.24, 2.45) is 5.92 Å². The molecule has 0 bridgehead atoms. The zero-order valence-electron chi connectivity index (χ0n) is 12.0. The molecule has 2 rings (SSSR count).